The number of hydrogen-bond donors (Lipinski definition) is 0. The zero-order chi connectivity index (χ0) is 19.0. The summed E-state index contributed by atoms with van der Waals surface area (Å²) in [5.74, 6) is 0.0893. The number of hydrogen-bond acceptors (Lipinski definition) is 7. The zero-order valence-electron chi connectivity index (χ0n) is 14.9. The van der Waals surface area contributed by atoms with Crippen molar-refractivity contribution in [1.29, 1.82) is 0 Å². The molecule has 0 radical (unpaired) electrons. The Balaban J connectivity index is 2.24. The number of fused-ring (bicyclic) bond motifs is 1. The Hall–Kier alpha value is -3.17. The van der Waals surface area contributed by atoms with Gasteiger partial charge < -0.3 is 13.8 Å². The van der Waals surface area contributed by atoms with Gasteiger partial charge in [0, 0.05) is 13.1 Å². The normalized spacial score (nSPS) is 12.5. The lowest BCUT2D eigenvalue weighted by Crippen LogP contribution is -2.40. The van der Waals surface area contributed by atoms with Gasteiger partial charge in [0.25, 0.3) is 5.56 Å². The van der Waals surface area contributed by atoms with E-state index in [9.17, 15) is 14.4 Å². The minimum atomic E-state index is -0.710. The van der Waals surface area contributed by atoms with E-state index in [1.165, 1.54) is 29.6 Å². The lowest BCUT2D eigenvalue weighted by molar-refractivity contribution is -0.144. The first-order valence-electron chi connectivity index (χ1n) is 8.05. The minimum absolute atomic E-state index is 0.0427. The SMILES string of the molecule is CCC(C(=O)OC)n1cnc2c1c(=O)n(Cc1cc(C)on1)c(=O)n2C. The molecule has 0 amide bonds. The molecule has 1 atom stereocenters. The maximum atomic E-state index is 13.0. The fraction of sp³-hybridized carbons (Fsp3) is 0.438. The van der Waals surface area contributed by atoms with Crippen LogP contribution < -0.4 is 11.2 Å². The summed E-state index contributed by atoms with van der Waals surface area (Å²) in [4.78, 5) is 41.8. The zero-order valence-corrected chi connectivity index (χ0v) is 14.9. The number of imidazole rings is 1. The van der Waals surface area contributed by atoms with Crippen LogP contribution in [0.5, 0.6) is 0 Å². The van der Waals surface area contributed by atoms with Crippen molar-refractivity contribution >= 4 is 17.1 Å². The molecule has 26 heavy (non-hydrogen) atoms. The number of esters is 1. The topological polar surface area (TPSA) is 114 Å². The van der Waals surface area contributed by atoms with Crippen molar-refractivity contribution in [3.63, 3.8) is 0 Å². The molecule has 10 heteroatoms. The van der Waals surface area contributed by atoms with Crippen molar-refractivity contribution in [1.82, 2.24) is 23.8 Å². The van der Waals surface area contributed by atoms with Crippen molar-refractivity contribution in [3.8, 4) is 0 Å². The van der Waals surface area contributed by atoms with Gasteiger partial charge in [0.2, 0.25) is 0 Å². The van der Waals surface area contributed by atoms with Gasteiger partial charge >= 0.3 is 11.7 Å². The number of carbonyl (C=O) groups is 1. The molecule has 3 aromatic heterocycles. The van der Waals surface area contributed by atoms with E-state index in [-0.39, 0.29) is 17.7 Å². The molecule has 10 nitrogen and oxygen atoms in total. The smallest absolute Gasteiger partial charge is 0.332 e. The summed E-state index contributed by atoms with van der Waals surface area (Å²) < 4.78 is 13.6. The lowest BCUT2D eigenvalue weighted by atomic mass is 10.2. The molecule has 0 aliphatic carbocycles. The van der Waals surface area contributed by atoms with Gasteiger partial charge in [-0.3, -0.25) is 13.9 Å². The number of nitrogens with zero attached hydrogens (tertiary/aromatic N) is 5. The van der Waals surface area contributed by atoms with E-state index >= 15 is 0 Å². The fourth-order valence-corrected chi connectivity index (χ4v) is 2.93. The number of aromatic nitrogens is 5. The molecular weight excluding hydrogens is 342 g/mol. The summed E-state index contributed by atoms with van der Waals surface area (Å²) in [6, 6.07) is 0.939. The van der Waals surface area contributed by atoms with E-state index in [1.807, 2.05) is 0 Å². The molecule has 0 aliphatic heterocycles. The molecule has 3 aromatic rings. The molecule has 3 rings (SSSR count). The Kier molecular flexibility index (Phi) is 4.49. The van der Waals surface area contributed by atoms with E-state index in [1.54, 1.807) is 19.9 Å². The maximum Gasteiger partial charge on any atom is 0.332 e. The van der Waals surface area contributed by atoms with Gasteiger partial charge in [-0.1, -0.05) is 12.1 Å². The average molecular weight is 361 g/mol. The molecule has 3 heterocycles. The fourth-order valence-electron chi connectivity index (χ4n) is 2.93. The first kappa shape index (κ1) is 17.6. The number of carbonyl (C=O) groups excluding carboxylic acids is 1. The van der Waals surface area contributed by atoms with Gasteiger partial charge in [0.1, 0.15) is 17.5 Å². The van der Waals surface area contributed by atoms with Crippen molar-refractivity contribution < 1.29 is 14.1 Å². The van der Waals surface area contributed by atoms with Crippen LogP contribution in [0.15, 0.2) is 26.5 Å². The van der Waals surface area contributed by atoms with E-state index in [4.69, 9.17) is 9.26 Å². The molecule has 0 aliphatic rings. The Bertz CT molecular complexity index is 1090. The maximum absolute atomic E-state index is 13.0. The molecule has 0 N–H and O–H groups in total. The van der Waals surface area contributed by atoms with Crippen LogP contribution in [0.25, 0.3) is 11.2 Å². The van der Waals surface area contributed by atoms with Gasteiger partial charge in [-0.15, -0.1) is 0 Å². The Morgan fingerprint density at radius 2 is 2.12 bits per heavy atom. The second kappa shape index (κ2) is 6.62. The van der Waals surface area contributed by atoms with Crippen molar-refractivity contribution in [2.75, 3.05) is 7.11 Å². The van der Waals surface area contributed by atoms with Crippen LogP contribution in [0.2, 0.25) is 0 Å². The molecule has 0 spiro atoms. The van der Waals surface area contributed by atoms with Gasteiger partial charge in [0.15, 0.2) is 11.2 Å². The van der Waals surface area contributed by atoms with Crippen LogP contribution in [0.3, 0.4) is 0 Å². The summed E-state index contributed by atoms with van der Waals surface area (Å²) in [6.07, 6.45) is 1.78. The van der Waals surface area contributed by atoms with Gasteiger partial charge in [-0.2, -0.15) is 0 Å². The van der Waals surface area contributed by atoms with Crippen LogP contribution in [-0.4, -0.2) is 36.9 Å². The highest BCUT2D eigenvalue weighted by molar-refractivity contribution is 5.78. The summed E-state index contributed by atoms with van der Waals surface area (Å²) in [5, 5.41) is 3.83. The predicted octanol–water partition coefficient (Wildman–Crippen LogP) is 0.366. The third kappa shape index (κ3) is 2.72. The van der Waals surface area contributed by atoms with Crippen LogP contribution >= 0.6 is 0 Å². The molecule has 0 fully saturated rings. The van der Waals surface area contributed by atoms with E-state index in [0.717, 1.165) is 4.57 Å². The van der Waals surface area contributed by atoms with Crippen LogP contribution in [0, 0.1) is 6.92 Å². The van der Waals surface area contributed by atoms with Gasteiger partial charge in [-0.05, 0) is 13.3 Å². The van der Waals surface area contributed by atoms with Gasteiger partial charge in [0.05, 0.1) is 20.0 Å². The quantitative estimate of drug-likeness (QED) is 0.603. The molecule has 1 unspecified atom stereocenters. The van der Waals surface area contributed by atoms with Gasteiger partial charge in [-0.25, -0.2) is 14.6 Å². The Morgan fingerprint density at radius 3 is 2.69 bits per heavy atom. The number of rotatable bonds is 5. The van der Waals surface area contributed by atoms with Crippen LogP contribution in [0.1, 0.15) is 30.8 Å². The van der Waals surface area contributed by atoms with E-state index in [0.29, 0.717) is 17.9 Å². The van der Waals surface area contributed by atoms with Crippen LogP contribution in [-0.2, 0) is 23.1 Å². The summed E-state index contributed by atoms with van der Waals surface area (Å²) in [5.41, 5.74) is -0.269. The first-order valence-corrected chi connectivity index (χ1v) is 8.05. The molecule has 0 aromatic carbocycles. The van der Waals surface area contributed by atoms with Crippen LogP contribution in [0.4, 0.5) is 0 Å². The second-order valence-corrected chi connectivity index (χ2v) is 5.93. The van der Waals surface area contributed by atoms with E-state index < -0.39 is 23.3 Å². The molecule has 0 saturated carbocycles. The highest BCUT2D eigenvalue weighted by atomic mass is 16.5. The predicted molar refractivity (Wildman–Crippen MR) is 90.9 cm³/mol. The monoisotopic (exact) mass is 361 g/mol. The number of ether oxygens (including phenoxy) is 1. The highest BCUT2D eigenvalue weighted by Crippen LogP contribution is 2.18. The first-order chi connectivity index (χ1) is 12.4. The van der Waals surface area contributed by atoms with E-state index in [2.05, 4.69) is 10.1 Å². The minimum Gasteiger partial charge on any atom is -0.467 e. The lowest BCUT2D eigenvalue weighted by Gasteiger charge is -2.15. The standard InChI is InChI=1S/C16H19N5O5/c1-5-11(15(23)25-4)21-8-17-13-12(21)14(22)20(16(24)19(13)3)7-10-6-9(2)26-18-10/h6,8,11H,5,7H2,1-4H3. The highest BCUT2D eigenvalue weighted by Gasteiger charge is 2.25. The number of methoxy groups -OCH3 is 1. The molecule has 138 valence electrons. The number of aryl methyl sites for hydroxylation is 2. The molecule has 0 saturated heterocycles. The Morgan fingerprint density at radius 1 is 1.38 bits per heavy atom. The third-order valence-corrected chi connectivity index (χ3v) is 4.25. The van der Waals surface area contributed by atoms with Crippen molar-refractivity contribution in [2.45, 2.75) is 32.9 Å². The molecule has 0 bridgehead atoms. The molecular formula is C16H19N5O5. The largest absolute Gasteiger partial charge is 0.467 e. The average Bonchev–Trinajstić information content (AvgIpc) is 3.24. The van der Waals surface area contributed by atoms with Crippen molar-refractivity contribution in [2.24, 2.45) is 7.05 Å². The summed E-state index contributed by atoms with van der Waals surface area (Å²) in [7, 11) is 2.80. The second-order valence-electron chi connectivity index (χ2n) is 5.93. The third-order valence-electron chi connectivity index (χ3n) is 4.25. The summed E-state index contributed by atoms with van der Waals surface area (Å²) in [6.45, 7) is 3.48. The Labute approximate surface area is 147 Å². The van der Waals surface area contributed by atoms with Crippen molar-refractivity contribution in [3.05, 3.63) is 44.7 Å². The summed E-state index contributed by atoms with van der Waals surface area (Å²) >= 11 is 0.